The first-order valence-corrected chi connectivity index (χ1v) is 6.59. The van der Waals surface area contributed by atoms with Gasteiger partial charge in [0.05, 0.1) is 0 Å². The minimum Gasteiger partial charge on any atom is -0.338 e. The van der Waals surface area contributed by atoms with Crippen molar-refractivity contribution in [3.05, 3.63) is 34.9 Å². The molecule has 1 aliphatic heterocycles. The number of carbonyl (C=O) groups excluding carboxylic acids is 1. The summed E-state index contributed by atoms with van der Waals surface area (Å²) in [6, 6.07) is 7.37. The average Bonchev–Trinajstić information content (AvgIpc) is 2.88. The molecule has 2 amide bonds. The highest BCUT2D eigenvalue weighted by Crippen LogP contribution is 2.14. The van der Waals surface area contributed by atoms with Crippen molar-refractivity contribution in [1.82, 2.24) is 16.0 Å². The van der Waals surface area contributed by atoms with Crippen molar-refractivity contribution in [3.63, 3.8) is 0 Å². The Kier molecular flexibility index (Phi) is 4.84. The van der Waals surface area contributed by atoms with E-state index in [2.05, 4.69) is 16.0 Å². The van der Waals surface area contributed by atoms with E-state index in [1.54, 1.807) is 0 Å². The van der Waals surface area contributed by atoms with Gasteiger partial charge in [-0.05, 0) is 37.1 Å². The topological polar surface area (TPSA) is 53.2 Å². The monoisotopic (exact) mass is 267 g/mol. The summed E-state index contributed by atoms with van der Waals surface area (Å²) >= 11 is 6.01. The maximum Gasteiger partial charge on any atom is 0.315 e. The highest BCUT2D eigenvalue weighted by molar-refractivity contribution is 6.31. The van der Waals surface area contributed by atoms with Gasteiger partial charge in [0.25, 0.3) is 0 Å². The Morgan fingerprint density at radius 2 is 2.22 bits per heavy atom. The van der Waals surface area contributed by atoms with Gasteiger partial charge in [-0.3, -0.25) is 0 Å². The largest absolute Gasteiger partial charge is 0.338 e. The lowest BCUT2D eigenvalue weighted by Gasteiger charge is -2.11. The van der Waals surface area contributed by atoms with Gasteiger partial charge in [-0.1, -0.05) is 29.8 Å². The second-order valence-electron chi connectivity index (χ2n) is 4.51. The van der Waals surface area contributed by atoms with Crippen LogP contribution in [0.25, 0.3) is 0 Å². The number of hydrogen-bond donors (Lipinski definition) is 3. The lowest BCUT2D eigenvalue weighted by molar-refractivity contribution is 0.239. The van der Waals surface area contributed by atoms with Crippen LogP contribution in [0, 0.1) is 5.92 Å². The van der Waals surface area contributed by atoms with Crippen LogP contribution in [0.15, 0.2) is 24.3 Å². The molecule has 3 N–H and O–H groups in total. The minimum atomic E-state index is -0.137. The summed E-state index contributed by atoms with van der Waals surface area (Å²) in [6.45, 7) is 3.22. The number of halogens is 1. The van der Waals surface area contributed by atoms with E-state index < -0.39 is 0 Å². The van der Waals surface area contributed by atoms with Crippen molar-refractivity contribution in [3.8, 4) is 0 Å². The van der Waals surface area contributed by atoms with Gasteiger partial charge in [0, 0.05) is 18.1 Å². The fourth-order valence-corrected chi connectivity index (χ4v) is 2.21. The number of urea groups is 1. The molecule has 1 unspecified atom stereocenters. The van der Waals surface area contributed by atoms with Crippen LogP contribution in [-0.4, -0.2) is 25.7 Å². The van der Waals surface area contributed by atoms with Crippen molar-refractivity contribution >= 4 is 17.6 Å². The van der Waals surface area contributed by atoms with E-state index in [9.17, 15) is 4.79 Å². The molecule has 2 rings (SSSR count). The van der Waals surface area contributed by atoms with Crippen molar-refractivity contribution in [2.24, 2.45) is 5.92 Å². The number of carbonyl (C=O) groups is 1. The van der Waals surface area contributed by atoms with E-state index in [1.165, 1.54) is 0 Å². The highest BCUT2D eigenvalue weighted by Gasteiger charge is 2.14. The van der Waals surface area contributed by atoms with Crippen molar-refractivity contribution in [1.29, 1.82) is 0 Å². The summed E-state index contributed by atoms with van der Waals surface area (Å²) in [5.74, 6) is 0.552. The summed E-state index contributed by atoms with van der Waals surface area (Å²) < 4.78 is 0. The predicted octanol–water partition coefficient (Wildman–Crippen LogP) is 1.75. The van der Waals surface area contributed by atoms with E-state index >= 15 is 0 Å². The van der Waals surface area contributed by atoms with Crippen LogP contribution >= 0.6 is 11.6 Å². The van der Waals surface area contributed by atoms with Crippen LogP contribution in [0.4, 0.5) is 4.79 Å². The molecule has 0 saturated carbocycles. The molecule has 1 aromatic carbocycles. The number of nitrogens with one attached hydrogen (secondary N) is 3. The maximum absolute atomic E-state index is 11.6. The van der Waals surface area contributed by atoms with Gasteiger partial charge in [-0.2, -0.15) is 0 Å². The lowest BCUT2D eigenvalue weighted by atomic mass is 10.1. The third-order valence-electron chi connectivity index (χ3n) is 3.11. The standard InChI is InChI=1S/C13H18ClN3O/c14-12-4-2-1-3-11(12)9-17-13(18)16-8-10-5-6-15-7-10/h1-4,10,15H,5-9H2,(H2,16,17,18). The van der Waals surface area contributed by atoms with Crippen LogP contribution in [-0.2, 0) is 6.54 Å². The molecule has 98 valence electrons. The third-order valence-corrected chi connectivity index (χ3v) is 3.48. The van der Waals surface area contributed by atoms with Gasteiger partial charge in [0.1, 0.15) is 0 Å². The molecule has 1 saturated heterocycles. The van der Waals surface area contributed by atoms with Crippen LogP contribution in [0.3, 0.4) is 0 Å². The Labute approximate surface area is 112 Å². The molecule has 0 bridgehead atoms. The SMILES string of the molecule is O=C(NCc1ccccc1Cl)NCC1CCNC1. The molecule has 1 aliphatic rings. The second kappa shape index (κ2) is 6.61. The molecule has 0 aromatic heterocycles. The Morgan fingerprint density at radius 3 is 2.94 bits per heavy atom. The molecule has 1 fully saturated rings. The van der Waals surface area contributed by atoms with Crippen molar-refractivity contribution < 1.29 is 4.79 Å². The first-order chi connectivity index (χ1) is 8.75. The first-order valence-electron chi connectivity index (χ1n) is 6.21. The summed E-state index contributed by atoms with van der Waals surface area (Å²) in [6.07, 6.45) is 1.13. The van der Waals surface area contributed by atoms with Gasteiger partial charge < -0.3 is 16.0 Å². The lowest BCUT2D eigenvalue weighted by Crippen LogP contribution is -2.38. The molecule has 5 heteroatoms. The number of rotatable bonds is 4. The molecule has 1 heterocycles. The molecule has 4 nitrogen and oxygen atoms in total. The molecular formula is C13H18ClN3O. The minimum absolute atomic E-state index is 0.137. The summed E-state index contributed by atoms with van der Waals surface area (Å²) in [5, 5.41) is 9.64. The highest BCUT2D eigenvalue weighted by atomic mass is 35.5. The van der Waals surface area contributed by atoms with E-state index in [0.29, 0.717) is 17.5 Å². The smallest absolute Gasteiger partial charge is 0.315 e. The quantitative estimate of drug-likeness (QED) is 0.779. The van der Waals surface area contributed by atoms with E-state index in [4.69, 9.17) is 11.6 Å². The molecule has 0 spiro atoms. The zero-order valence-electron chi connectivity index (χ0n) is 10.2. The molecular weight excluding hydrogens is 250 g/mol. The van der Waals surface area contributed by atoms with Gasteiger partial charge in [-0.25, -0.2) is 4.79 Å². The van der Waals surface area contributed by atoms with Crippen LogP contribution in [0.1, 0.15) is 12.0 Å². The second-order valence-corrected chi connectivity index (χ2v) is 4.92. The average molecular weight is 268 g/mol. The van der Waals surface area contributed by atoms with E-state index in [1.807, 2.05) is 24.3 Å². The van der Waals surface area contributed by atoms with Crippen molar-refractivity contribution in [2.45, 2.75) is 13.0 Å². The van der Waals surface area contributed by atoms with Crippen molar-refractivity contribution in [2.75, 3.05) is 19.6 Å². The molecule has 1 aromatic rings. The van der Waals surface area contributed by atoms with Crippen LogP contribution in [0.5, 0.6) is 0 Å². The molecule has 0 radical (unpaired) electrons. The van der Waals surface area contributed by atoms with Gasteiger partial charge >= 0.3 is 6.03 Å². The Morgan fingerprint density at radius 1 is 1.39 bits per heavy atom. The number of amides is 2. The molecule has 18 heavy (non-hydrogen) atoms. The Balaban J connectivity index is 1.69. The molecule has 0 aliphatic carbocycles. The van der Waals surface area contributed by atoms with E-state index in [-0.39, 0.29) is 6.03 Å². The summed E-state index contributed by atoms with van der Waals surface area (Å²) in [7, 11) is 0. The van der Waals surface area contributed by atoms with Gasteiger partial charge in [0.15, 0.2) is 0 Å². The Hall–Kier alpha value is -1.26. The summed E-state index contributed by atoms with van der Waals surface area (Å²) in [5.41, 5.74) is 0.928. The zero-order valence-corrected chi connectivity index (χ0v) is 11.0. The normalized spacial score (nSPS) is 18.6. The van der Waals surface area contributed by atoms with Gasteiger partial charge in [-0.15, -0.1) is 0 Å². The van der Waals surface area contributed by atoms with Gasteiger partial charge in [0.2, 0.25) is 0 Å². The summed E-state index contributed by atoms with van der Waals surface area (Å²) in [4.78, 5) is 11.6. The first kappa shape index (κ1) is 13.2. The third kappa shape index (κ3) is 3.89. The zero-order chi connectivity index (χ0) is 12.8. The number of benzene rings is 1. The predicted molar refractivity (Wildman–Crippen MR) is 72.7 cm³/mol. The Bertz CT molecular complexity index is 405. The maximum atomic E-state index is 11.6. The van der Waals surface area contributed by atoms with E-state index in [0.717, 1.165) is 31.6 Å². The van der Waals surface area contributed by atoms with Crippen LogP contribution < -0.4 is 16.0 Å². The molecule has 1 atom stereocenters. The fraction of sp³-hybridized carbons (Fsp3) is 0.462. The number of hydrogen-bond acceptors (Lipinski definition) is 2. The van der Waals surface area contributed by atoms with Crippen LogP contribution in [0.2, 0.25) is 5.02 Å². The fourth-order valence-electron chi connectivity index (χ4n) is 2.01.